The molecule has 0 atom stereocenters. The van der Waals surface area contributed by atoms with Crippen LogP contribution in [0.1, 0.15) is 22.3 Å². The maximum Gasteiger partial charge on any atom is 0.0731 e. The Morgan fingerprint density at radius 3 is 1.51 bits per heavy atom. The van der Waals surface area contributed by atoms with Crippen molar-refractivity contribution in [3.63, 3.8) is 0 Å². The normalized spacial score (nSPS) is 13.4. The van der Waals surface area contributed by atoms with Gasteiger partial charge in [0.05, 0.1) is 5.41 Å². The summed E-state index contributed by atoms with van der Waals surface area (Å²) < 4.78 is 0. The highest BCUT2D eigenvalue weighted by molar-refractivity contribution is 6.16. The van der Waals surface area contributed by atoms with Gasteiger partial charge < -0.3 is 0 Å². The van der Waals surface area contributed by atoms with E-state index in [2.05, 4.69) is 194 Å². The number of hydrogen-bond donors (Lipinski definition) is 0. The van der Waals surface area contributed by atoms with Crippen molar-refractivity contribution < 1.29 is 0 Å². The summed E-state index contributed by atoms with van der Waals surface area (Å²) in [6.07, 6.45) is 0. The maximum atomic E-state index is 2.56. The van der Waals surface area contributed by atoms with Crippen LogP contribution in [0.4, 0.5) is 0 Å². The van der Waals surface area contributed by atoms with Crippen molar-refractivity contribution in [1.29, 1.82) is 0 Å². The summed E-state index contributed by atoms with van der Waals surface area (Å²) in [6.45, 7) is 0. The van der Waals surface area contributed by atoms with Crippen LogP contribution < -0.4 is 0 Å². The van der Waals surface area contributed by atoms with Crippen LogP contribution >= 0.6 is 0 Å². The van der Waals surface area contributed by atoms with Crippen LogP contribution in [-0.4, -0.2) is 0 Å². The first-order chi connectivity index (χ1) is 26.3. The largest absolute Gasteiger partial charge is 0.0731 e. The monoisotopic (exact) mass is 668 g/mol. The molecule has 0 bridgehead atoms. The smallest absolute Gasteiger partial charge is 0.0619 e. The Labute approximate surface area is 308 Å². The fraction of sp³-hybridized carbons (Fsp3) is 0.0189. The van der Waals surface area contributed by atoms with E-state index in [9.17, 15) is 0 Å². The third-order valence-electron chi connectivity index (χ3n) is 12.2. The van der Waals surface area contributed by atoms with E-state index in [1.54, 1.807) is 0 Å². The molecule has 0 saturated carbocycles. The SMILES string of the molecule is c1cc(-c2cc3c(c4ccccc24)-c2ccc4ccccc4c2C32c3ccccc3-c3ccccc32)cc(-c2cc3ccccc3c3ccccc23)c1. The number of rotatable bonds is 2. The highest BCUT2D eigenvalue weighted by Crippen LogP contribution is 2.65. The molecule has 0 aliphatic heterocycles. The van der Waals surface area contributed by atoms with Crippen molar-refractivity contribution in [2.24, 2.45) is 0 Å². The second-order valence-electron chi connectivity index (χ2n) is 14.7. The zero-order valence-corrected chi connectivity index (χ0v) is 29.0. The number of fused-ring (bicyclic) bond motifs is 17. The molecule has 0 heteroatoms. The third kappa shape index (κ3) is 3.75. The molecule has 12 rings (SSSR count). The number of hydrogen-bond acceptors (Lipinski definition) is 0. The van der Waals surface area contributed by atoms with Crippen LogP contribution in [0.2, 0.25) is 0 Å². The second kappa shape index (κ2) is 10.6. The molecular formula is C53H32. The van der Waals surface area contributed by atoms with Crippen LogP contribution in [0.3, 0.4) is 0 Å². The van der Waals surface area contributed by atoms with E-state index in [4.69, 9.17) is 0 Å². The quantitative estimate of drug-likeness (QED) is 0.161. The lowest BCUT2D eigenvalue weighted by Crippen LogP contribution is -2.26. The average molecular weight is 669 g/mol. The van der Waals surface area contributed by atoms with Gasteiger partial charge in [0.25, 0.3) is 0 Å². The lowest BCUT2D eigenvalue weighted by Gasteiger charge is -2.32. The molecule has 0 N–H and O–H groups in total. The zero-order valence-electron chi connectivity index (χ0n) is 29.0. The number of benzene rings is 10. The van der Waals surface area contributed by atoms with Gasteiger partial charge in [-0.05, 0) is 128 Å². The molecular weight excluding hydrogens is 637 g/mol. The topological polar surface area (TPSA) is 0 Å². The molecule has 0 unspecified atom stereocenters. The molecule has 2 aliphatic rings. The van der Waals surface area contributed by atoms with Crippen molar-refractivity contribution in [2.45, 2.75) is 5.41 Å². The lowest BCUT2D eigenvalue weighted by atomic mass is 9.69. The molecule has 10 aromatic rings. The Kier molecular flexibility index (Phi) is 5.80. The second-order valence-corrected chi connectivity index (χ2v) is 14.7. The molecule has 0 aromatic heterocycles. The highest BCUT2D eigenvalue weighted by Gasteiger charge is 2.53. The Morgan fingerprint density at radius 1 is 0.264 bits per heavy atom. The summed E-state index contributed by atoms with van der Waals surface area (Å²) in [5, 5.41) is 10.3. The molecule has 0 heterocycles. The Bertz CT molecular complexity index is 3130. The van der Waals surface area contributed by atoms with Crippen molar-refractivity contribution in [2.75, 3.05) is 0 Å². The van der Waals surface area contributed by atoms with E-state index in [1.807, 2.05) is 0 Å². The van der Waals surface area contributed by atoms with Crippen LogP contribution in [-0.2, 0) is 5.41 Å². The highest BCUT2D eigenvalue weighted by atomic mass is 14.5. The van der Waals surface area contributed by atoms with E-state index in [0.717, 1.165) is 0 Å². The minimum atomic E-state index is -0.455. The molecule has 10 aromatic carbocycles. The first kappa shape index (κ1) is 28.9. The summed E-state index contributed by atoms with van der Waals surface area (Å²) in [5.41, 5.74) is 15.4. The van der Waals surface area contributed by atoms with Crippen LogP contribution in [0.25, 0.3) is 87.6 Å². The molecule has 53 heavy (non-hydrogen) atoms. The molecule has 2 aliphatic carbocycles. The van der Waals surface area contributed by atoms with E-state index in [-0.39, 0.29) is 0 Å². The van der Waals surface area contributed by atoms with Crippen LogP contribution in [0, 0.1) is 0 Å². The summed E-state index contributed by atoms with van der Waals surface area (Å²) in [7, 11) is 0. The van der Waals surface area contributed by atoms with E-state index >= 15 is 0 Å². The maximum absolute atomic E-state index is 2.56. The van der Waals surface area contributed by atoms with Crippen molar-refractivity contribution in [1.82, 2.24) is 0 Å². The zero-order chi connectivity index (χ0) is 34.7. The van der Waals surface area contributed by atoms with Gasteiger partial charge in [0.15, 0.2) is 0 Å². The lowest BCUT2D eigenvalue weighted by molar-refractivity contribution is 0.802. The van der Waals surface area contributed by atoms with E-state index < -0.39 is 5.41 Å². The predicted molar refractivity (Wildman–Crippen MR) is 224 cm³/mol. The summed E-state index contributed by atoms with van der Waals surface area (Å²) in [4.78, 5) is 0. The molecule has 244 valence electrons. The fourth-order valence-electron chi connectivity index (χ4n) is 10.2. The first-order valence-electron chi connectivity index (χ1n) is 18.6. The third-order valence-corrected chi connectivity index (χ3v) is 12.2. The molecule has 0 amide bonds. The summed E-state index contributed by atoms with van der Waals surface area (Å²) in [5.74, 6) is 0. The molecule has 0 fully saturated rings. The minimum absolute atomic E-state index is 0.455. The molecule has 0 nitrogen and oxygen atoms in total. The van der Waals surface area contributed by atoms with Gasteiger partial charge in [-0.25, -0.2) is 0 Å². The molecule has 0 saturated heterocycles. The van der Waals surface area contributed by atoms with Gasteiger partial charge in [0.1, 0.15) is 0 Å². The van der Waals surface area contributed by atoms with Gasteiger partial charge in [-0.1, -0.05) is 176 Å². The Hall–Kier alpha value is -6.76. The van der Waals surface area contributed by atoms with Crippen molar-refractivity contribution in [3.05, 3.63) is 216 Å². The Balaban J connectivity index is 1.20. The average Bonchev–Trinajstić information content (AvgIpc) is 3.71. The van der Waals surface area contributed by atoms with Gasteiger partial charge >= 0.3 is 0 Å². The van der Waals surface area contributed by atoms with Crippen molar-refractivity contribution >= 4 is 43.1 Å². The van der Waals surface area contributed by atoms with Gasteiger partial charge in [0.2, 0.25) is 0 Å². The van der Waals surface area contributed by atoms with E-state index in [1.165, 1.54) is 110 Å². The van der Waals surface area contributed by atoms with E-state index in [0.29, 0.717) is 0 Å². The van der Waals surface area contributed by atoms with Crippen LogP contribution in [0.15, 0.2) is 194 Å². The Morgan fingerprint density at radius 2 is 0.792 bits per heavy atom. The molecule has 0 radical (unpaired) electrons. The summed E-state index contributed by atoms with van der Waals surface area (Å²) in [6, 6.07) is 72.9. The van der Waals surface area contributed by atoms with Gasteiger partial charge in [-0.2, -0.15) is 0 Å². The van der Waals surface area contributed by atoms with Crippen molar-refractivity contribution in [3.8, 4) is 44.5 Å². The minimum Gasteiger partial charge on any atom is -0.0619 e. The molecule has 1 spiro atoms. The van der Waals surface area contributed by atoms with Gasteiger partial charge in [-0.15, -0.1) is 0 Å². The van der Waals surface area contributed by atoms with Gasteiger partial charge in [-0.3, -0.25) is 0 Å². The summed E-state index contributed by atoms with van der Waals surface area (Å²) >= 11 is 0. The van der Waals surface area contributed by atoms with Gasteiger partial charge in [0, 0.05) is 0 Å². The fourth-order valence-corrected chi connectivity index (χ4v) is 10.2. The standard InChI is InChI=1S/C53H32/c1-4-19-38-33(14-1)28-29-45-51-44-25-8-7-22-41(44)47(32-50(51)53(52(38)45)48-26-11-9-23-42(48)43-24-10-12-27-49(43)53)35-17-13-16-34(30-35)46-31-36-15-2-3-18-37(36)39-20-5-6-21-40(39)46/h1-32H. The van der Waals surface area contributed by atoms with Crippen LogP contribution in [0.5, 0.6) is 0 Å². The first-order valence-corrected chi connectivity index (χ1v) is 18.6. The predicted octanol–water partition coefficient (Wildman–Crippen LogP) is 14.0.